The minimum atomic E-state index is -0.464. The van der Waals surface area contributed by atoms with E-state index in [2.05, 4.69) is 18.2 Å². The first kappa shape index (κ1) is 14.5. The van der Waals surface area contributed by atoms with Gasteiger partial charge in [-0.3, -0.25) is 4.79 Å². The molecule has 2 aromatic carbocycles. The van der Waals surface area contributed by atoms with E-state index in [1.807, 2.05) is 59.5 Å². The lowest BCUT2D eigenvalue weighted by atomic mass is 10.0. The molecular weight excluding hydrogens is 272 g/mol. The molecule has 0 radical (unpaired) electrons. The van der Waals surface area contributed by atoms with E-state index in [0.717, 1.165) is 11.1 Å². The van der Waals surface area contributed by atoms with E-state index in [-0.39, 0.29) is 11.9 Å². The molecule has 3 heteroatoms. The van der Waals surface area contributed by atoms with E-state index in [0.29, 0.717) is 13.0 Å². The number of nitrogens with two attached hydrogens (primary N) is 1. The van der Waals surface area contributed by atoms with E-state index < -0.39 is 6.04 Å². The largest absolute Gasteiger partial charge is 0.326 e. The Bertz CT molecular complexity index is 652. The van der Waals surface area contributed by atoms with Gasteiger partial charge in [-0.2, -0.15) is 0 Å². The summed E-state index contributed by atoms with van der Waals surface area (Å²) in [6, 6.07) is 19.6. The second-order valence-corrected chi connectivity index (χ2v) is 5.58. The summed E-state index contributed by atoms with van der Waals surface area (Å²) in [6.45, 7) is 0.567. The van der Waals surface area contributed by atoms with E-state index in [1.165, 1.54) is 0 Å². The van der Waals surface area contributed by atoms with Gasteiger partial charge in [0.2, 0.25) is 5.91 Å². The van der Waals surface area contributed by atoms with Gasteiger partial charge in [0.1, 0.15) is 0 Å². The molecule has 2 N–H and O–H groups in total. The third-order valence-corrected chi connectivity index (χ3v) is 3.98. The van der Waals surface area contributed by atoms with Crippen molar-refractivity contribution in [2.24, 2.45) is 5.73 Å². The SMILES string of the molecule is NC1CC=CC(c2ccccc2)N(Cc2ccccc2)C1=O. The molecule has 3 rings (SSSR count). The first-order valence-corrected chi connectivity index (χ1v) is 7.57. The normalized spacial score (nSPS) is 21.7. The number of hydrogen-bond donors (Lipinski definition) is 1. The summed E-state index contributed by atoms with van der Waals surface area (Å²) in [7, 11) is 0. The zero-order chi connectivity index (χ0) is 15.4. The van der Waals surface area contributed by atoms with Crippen LogP contribution >= 0.6 is 0 Å². The molecule has 2 aromatic rings. The molecule has 2 unspecified atom stereocenters. The fourth-order valence-electron chi connectivity index (χ4n) is 2.81. The maximum Gasteiger partial charge on any atom is 0.240 e. The Labute approximate surface area is 131 Å². The average molecular weight is 292 g/mol. The average Bonchev–Trinajstić information content (AvgIpc) is 2.70. The molecule has 22 heavy (non-hydrogen) atoms. The highest BCUT2D eigenvalue weighted by Gasteiger charge is 2.29. The summed E-state index contributed by atoms with van der Waals surface area (Å²) in [5.74, 6) is 0.00251. The van der Waals surface area contributed by atoms with Crippen molar-refractivity contribution in [3.63, 3.8) is 0 Å². The van der Waals surface area contributed by atoms with Gasteiger partial charge in [-0.15, -0.1) is 0 Å². The van der Waals surface area contributed by atoms with Crippen LogP contribution in [0.25, 0.3) is 0 Å². The highest BCUT2D eigenvalue weighted by molar-refractivity contribution is 5.83. The van der Waals surface area contributed by atoms with Crippen LogP contribution in [0, 0.1) is 0 Å². The summed E-state index contributed by atoms with van der Waals surface area (Å²) < 4.78 is 0. The van der Waals surface area contributed by atoms with Gasteiger partial charge in [0.15, 0.2) is 0 Å². The molecule has 0 saturated carbocycles. The Morgan fingerprint density at radius 1 is 1.00 bits per heavy atom. The number of nitrogens with zero attached hydrogens (tertiary/aromatic N) is 1. The van der Waals surface area contributed by atoms with Crippen molar-refractivity contribution in [3.8, 4) is 0 Å². The number of carbonyl (C=O) groups is 1. The van der Waals surface area contributed by atoms with Crippen molar-refractivity contribution < 1.29 is 4.79 Å². The molecule has 0 saturated heterocycles. The quantitative estimate of drug-likeness (QED) is 0.884. The highest BCUT2D eigenvalue weighted by atomic mass is 16.2. The van der Waals surface area contributed by atoms with Crippen molar-refractivity contribution in [1.82, 2.24) is 4.90 Å². The predicted molar refractivity (Wildman–Crippen MR) is 87.9 cm³/mol. The first-order valence-electron chi connectivity index (χ1n) is 7.57. The van der Waals surface area contributed by atoms with Crippen LogP contribution in [0.5, 0.6) is 0 Å². The zero-order valence-electron chi connectivity index (χ0n) is 12.4. The van der Waals surface area contributed by atoms with Gasteiger partial charge >= 0.3 is 0 Å². The van der Waals surface area contributed by atoms with Crippen molar-refractivity contribution in [2.45, 2.75) is 25.0 Å². The number of rotatable bonds is 3. The highest BCUT2D eigenvalue weighted by Crippen LogP contribution is 2.27. The maximum absolute atomic E-state index is 12.7. The van der Waals surface area contributed by atoms with Gasteiger partial charge in [0.05, 0.1) is 12.1 Å². The molecule has 1 heterocycles. The third-order valence-electron chi connectivity index (χ3n) is 3.98. The van der Waals surface area contributed by atoms with Gasteiger partial charge in [-0.1, -0.05) is 72.8 Å². The second kappa shape index (κ2) is 6.58. The first-order chi connectivity index (χ1) is 10.8. The lowest BCUT2D eigenvalue weighted by Gasteiger charge is -2.30. The standard InChI is InChI=1S/C19H20N2O/c20-17-12-7-13-18(16-10-5-2-6-11-16)21(19(17)22)14-15-8-3-1-4-9-15/h1-11,13,17-18H,12,14,20H2. The lowest BCUT2D eigenvalue weighted by Crippen LogP contribution is -2.43. The molecule has 2 atom stereocenters. The Morgan fingerprint density at radius 3 is 2.32 bits per heavy atom. The van der Waals surface area contributed by atoms with Crippen molar-refractivity contribution in [2.75, 3.05) is 0 Å². The van der Waals surface area contributed by atoms with Gasteiger partial charge in [0, 0.05) is 6.54 Å². The Hall–Kier alpha value is -2.39. The molecule has 0 aromatic heterocycles. The van der Waals surface area contributed by atoms with Crippen LogP contribution in [0.3, 0.4) is 0 Å². The van der Waals surface area contributed by atoms with Crippen LogP contribution in [0.15, 0.2) is 72.8 Å². The molecule has 0 bridgehead atoms. The van der Waals surface area contributed by atoms with Gasteiger partial charge in [-0.05, 0) is 17.5 Å². The van der Waals surface area contributed by atoms with E-state index in [9.17, 15) is 4.79 Å². The molecule has 112 valence electrons. The van der Waals surface area contributed by atoms with Crippen LogP contribution < -0.4 is 5.73 Å². The predicted octanol–water partition coefficient (Wildman–Crippen LogP) is 3.04. The Balaban J connectivity index is 1.95. The summed E-state index contributed by atoms with van der Waals surface area (Å²) in [6.07, 6.45) is 4.70. The van der Waals surface area contributed by atoms with Gasteiger partial charge in [-0.25, -0.2) is 0 Å². The minimum Gasteiger partial charge on any atom is -0.326 e. The molecule has 3 nitrogen and oxygen atoms in total. The summed E-state index contributed by atoms with van der Waals surface area (Å²) in [5.41, 5.74) is 8.24. The lowest BCUT2D eigenvalue weighted by molar-refractivity contribution is -0.134. The molecule has 1 aliphatic rings. The topological polar surface area (TPSA) is 46.3 Å². The number of benzene rings is 2. The third kappa shape index (κ3) is 3.10. The monoisotopic (exact) mass is 292 g/mol. The Kier molecular flexibility index (Phi) is 4.35. The molecular formula is C19H20N2O. The summed E-state index contributed by atoms with van der Waals surface area (Å²) in [5, 5.41) is 0. The fraction of sp³-hybridized carbons (Fsp3) is 0.211. The molecule has 0 fully saturated rings. The van der Waals surface area contributed by atoms with Crippen LogP contribution in [0.4, 0.5) is 0 Å². The molecule has 0 aliphatic carbocycles. The molecule has 0 spiro atoms. The van der Waals surface area contributed by atoms with Crippen LogP contribution in [-0.2, 0) is 11.3 Å². The number of amides is 1. The Morgan fingerprint density at radius 2 is 1.64 bits per heavy atom. The zero-order valence-corrected chi connectivity index (χ0v) is 12.4. The molecule has 1 aliphatic heterocycles. The number of carbonyl (C=O) groups excluding carboxylic acids is 1. The van der Waals surface area contributed by atoms with Crippen molar-refractivity contribution in [1.29, 1.82) is 0 Å². The maximum atomic E-state index is 12.7. The molecule has 1 amide bonds. The summed E-state index contributed by atoms with van der Waals surface area (Å²) >= 11 is 0. The second-order valence-electron chi connectivity index (χ2n) is 5.58. The van der Waals surface area contributed by atoms with Crippen molar-refractivity contribution in [3.05, 3.63) is 83.9 Å². The smallest absolute Gasteiger partial charge is 0.240 e. The number of hydrogen-bond acceptors (Lipinski definition) is 2. The fourth-order valence-corrected chi connectivity index (χ4v) is 2.81. The van der Waals surface area contributed by atoms with Gasteiger partial charge in [0.25, 0.3) is 0 Å². The minimum absolute atomic E-state index is 0.00251. The summed E-state index contributed by atoms with van der Waals surface area (Å²) in [4.78, 5) is 14.6. The van der Waals surface area contributed by atoms with Crippen molar-refractivity contribution >= 4 is 5.91 Å². The van der Waals surface area contributed by atoms with Crippen LogP contribution in [0.1, 0.15) is 23.6 Å². The van der Waals surface area contributed by atoms with Crippen LogP contribution in [0.2, 0.25) is 0 Å². The van der Waals surface area contributed by atoms with E-state index in [4.69, 9.17) is 5.73 Å². The van der Waals surface area contributed by atoms with E-state index >= 15 is 0 Å². The van der Waals surface area contributed by atoms with E-state index in [1.54, 1.807) is 0 Å². The van der Waals surface area contributed by atoms with Gasteiger partial charge < -0.3 is 10.6 Å². The van der Waals surface area contributed by atoms with Crippen LogP contribution in [-0.4, -0.2) is 16.8 Å².